The molecular formula is C16H19ClN2O3. The van der Waals surface area contributed by atoms with Gasteiger partial charge in [-0.25, -0.2) is 0 Å². The van der Waals surface area contributed by atoms with E-state index in [0.29, 0.717) is 16.3 Å². The molecule has 1 unspecified atom stereocenters. The number of carbonyl (C=O) groups is 2. The van der Waals surface area contributed by atoms with E-state index >= 15 is 0 Å². The molecule has 1 aliphatic carbocycles. The molecule has 0 radical (unpaired) electrons. The van der Waals surface area contributed by atoms with Gasteiger partial charge in [0.05, 0.1) is 12.0 Å². The summed E-state index contributed by atoms with van der Waals surface area (Å²) in [6.07, 6.45) is 2.86. The zero-order valence-corrected chi connectivity index (χ0v) is 12.9. The zero-order valence-electron chi connectivity index (χ0n) is 12.2. The van der Waals surface area contributed by atoms with Crippen LogP contribution in [0.4, 0.5) is 0 Å². The van der Waals surface area contributed by atoms with Crippen LogP contribution in [0.3, 0.4) is 0 Å². The van der Waals surface area contributed by atoms with E-state index in [1.54, 1.807) is 18.2 Å². The number of hydrogen-bond donors (Lipinski definition) is 2. The lowest BCUT2D eigenvalue weighted by atomic mass is 9.91. The number of ketones is 1. The highest BCUT2D eigenvalue weighted by atomic mass is 35.5. The van der Waals surface area contributed by atoms with Crippen LogP contribution in [0.25, 0.3) is 0 Å². The Balaban J connectivity index is 1.65. The first kappa shape index (κ1) is 15.3. The minimum Gasteiger partial charge on any atom is -0.479 e. The van der Waals surface area contributed by atoms with Crippen molar-refractivity contribution in [1.29, 1.82) is 0 Å². The van der Waals surface area contributed by atoms with Crippen LogP contribution in [0.1, 0.15) is 42.5 Å². The lowest BCUT2D eigenvalue weighted by molar-refractivity contribution is -0.129. The Kier molecular flexibility index (Phi) is 4.36. The number of nitrogens with one attached hydrogen (secondary N) is 1. The smallest absolute Gasteiger partial charge is 0.261 e. The number of ether oxygens (including phenoxy) is 1. The largest absolute Gasteiger partial charge is 0.479 e. The maximum atomic E-state index is 12.3. The molecule has 1 heterocycles. The van der Waals surface area contributed by atoms with Gasteiger partial charge in [-0.1, -0.05) is 11.6 Å². The molecular weight excluding hydrogens is 304 g/mol. The number of hydrogen-bond acceptors (Lipinski definition) is 4. The number of rotatable bonds is 2. The number of fused-ring (bicyclic) bond motifs is 1. The number of nitrogens with two attached hydrogens (primary N) is 1. The predicted octanol–water partition coefficient (Wildman–Crippen LogP) is 2.06. The zero-order chi connectivity index (χ0) is 15.7. The Bertz CT molecular complexity index is 597. The molecule has 6 heteroatoms. The molecule has 1 amide bonds. The SMILES string of the molecule is NC1CCC(NC(=O)C2CC(=O)c3cc(Cl)ccc3O2)CC1. The van der Waals surface area contributed by atoms with Gasteiger partial charge < -0.3 is 15.8 Å². The second-order valence-electron chi connectivity index (χ2n) is 5.99. The quantitative estimate of drug-likeness (QED) is 0.873. The van der Waals surface area contributed by atoms with Gasteiger partial charge in [0.2, 0.25) is 0 Å². The van der Waals surface area contributed by atoms with E-state index in [4.69, 9.17) is 22.1 Å². The van der Waals surface area contributed by atoms with Gasteiger partial charge in [-0.2, -0.15) is 0 Å². The molecule has 2 aliphatic rings. The highest BCUT2D eigenvalue weighted by molar-refractivity contribution is 6.31. The summed E-state index contributed by atoms with van der Waals surface area (Å²) < 4.78 is 5.67. The Hall–Kier alpha value is -1.59. The van der Waals surface area contributed by atoms with Crippen LogP contribution in [0.2, 0.25) is 5.02 Å². The van der Waals surface area contributed by atoms with Crippen molar-refractivity contribution in [1.82, 2.24) is 5.32 Å². The second kappa shape index (κ2) is 6.26. The molecule has 1 saturated carbocycles. The molecule has 5 nitrogen and oxygen atoms in total. The Morgan fingerprint density at radius 3 is 2.73 bits per heavy atom. The molecule has 1 fully saturated rings. The number of benzene rings is 1. The first-order chi connectivity index (χ1) is 10.5. The van der Waals surface area contributed by atoms with E-state index < -0.39 is 6.10 Å². The van der Waals surface area contributed by atoms with Crippen LogP contribution >= 0.6 is 11.6 Å². The van der Waals surface area contributed by atoms with Crippen molar-refractivity contribution >= 4 is 23.3 Å². The third-order valence-corrected chi connectivity index (χ3v) is 4.53. The molecule has 118 valence electrons. The molecule has 0 aromatic heterocycles. The first-order valence-electron chi connectivity index (χ1n) is 7.58. The summed E-state index contributed by atoms with van der Waals surface area (Å²) in [5.74, 6) is 0.0791. The van der Waals surface area contributed by atoms with Crippen molar-refractivity contribution < 1.29 is 14.3 Å². The predicted molar refractivity (Wildman–Crippen MR) is 83.2 cm³/mol. The van der Waals surface area contributed by atoms with Crippen molar-refractivity contribution in [3.8, 4) is 5.75 Å². The second-order valence-corrected chi connectivity index (χ2v) is 6.43. The van der Waals surface area contributed by atoms with E-state index in [1.165, 1.54) is 0 Å². The van der Waals surface area contributed by atoms with Crippen LogP contribution < -0.4 is 15.8 Å². The summed E-state index contributed by atoms with van der Waals surface area (Å²) in [6, 6.07) is 5.22. The van der Waals surface area contributed by atoms with Crippen molar-refractivity contribution in [2.24, 2.45) is 5.73 Å². The van der Waals surface area contributed by atoms with Gasteiger partial charge in [0.25, 0.3) is 5.91 Å². The molecule has 1 atom stereocenters. The molecule has 1 aliphatic heterocycles. The summed E-state index contributed by atoms with van der Waals surface area (Å²) in [7, 11) is 0. The molecule has 22 heavy (non-hydrogen) atoms. The average Bonchev–Trinajstić information content (AvgIpc) is 2.50. The summed E-state index contributed by atoms with van der Waals surface area (Å²) in [5.41, 5.74) is 6.31. The third kappa shape index (κ3) is 3.25. The van der Waals surface area contributed by atoms with Gasteiger partial charge in [0, 0.05) is 17.1 Å². The van der Waals surface area contributed by atoms with Crippen molar-refractivity contribution in [2.75, 3.05) is 0 Å². The maximum Gasteiger partial charge on any atom is 0.261 e. The van der Waals surface area contributed by atoms with Crippen LogP contribution in [0, 0.1) is 0 Å². The normalized spacial score (nSPS) is 27.7. The molecule has 0 bridgehead atoms. The van der Waals surface area contributed by atoms with E-state index in [0.717, 1.165) is 25.7 Å². The van der Waals surface area contributed by atoms with E-state index in [1.807, 2.05) is 0 Å². The molecule has 1 aromatic rings. The van der Waals surface area contributed by atoms with Crippen LogP contribution in [0.5, 0.6) is 5.75 Å². The molecule has 3 N–H and O–H groups in total. The number of amides is 1. The van der Waals surface area contributed by atoms with E-state index in [-0.39, 0.29) is 30.2 Å². The highest BCUT2D eigenvalue weighted by Crippen LogP contribution is 2.30. The number of carbonyl (C=O) groups excluding carboxylic acids is 2. The van der Waals surface area contributed by atoms with Gasteiger partial charge >= 0.3 is 0 Å². The standard InChI is InChI=1S/C16H19ClN2O3/c17-9-1-6-14-12(7-9)13(20)8-15(22-14)16(21)19-11-4-2-10(18)3-5-11/h1,6-7,10-11,15H,2-5,8,18H2,(H,19,21). The summed E-state index contributed by atoms with van der Waals surface area (Å²) in [6.45, 7) is 0. The Morgan fingerprint density at radius 1 is 1.27 bits per heavy atom. The van der Waals surface area contributed by atoms with Gasteiger partial charge in [-0.05, 0) is 43.9 Å². The fraction of sp³-hybridized carbons (Fsp3) is 0.500. The molecule has 1 aromatic carbocycles. The molecule has 0 saturated heterocycles. The van der Waals surface area contributed by atoms with Crippen LogP contribution in [0.15, 0.2) is 18.2 Å². The van der Waals surface area contributed by atoms with Crippen LogP contribution in [-0.4, -0.2) is 29.9 Å². The van der Waals surface area contributed by atoms with Crippen molar-refractivity contribution in [3.63, 3.8) is 0 Å². The maximum absolute atomic E-state index is 12.3. The third-order valence-electron chi connectivity index (χ3n) is 4.29. The van der Waals surface area contributed by atoms with Gasteiger partial charge in [-0.15, -0.1) is 0 Å². The summed E-state index contributed by atoms with van der Waals surface area (Å²) >= 11 is 5.88. The molecule has 0 spiro atoms. The lowest BCUT2D eigenvalue weighted by Crippen LogP contribution is -2.48. The Labute approximate surface area is 134 Å². The topological polar surface area (TPSA) is 81.4 Å². The minimum atomic E-state index is -0.767. The summed E-state index contributed by atoms with van der Waals surface area (Å²) in [5, 5.41) is 3.46. The first-order valence-corrected chi connectivity index (χ1v) is 7.96. The lowest BCUT2D eigenvalue weighted by Gasteiger charge is -2.30. The Morgan fingerprint density at radius 2 is 2.00 bits per heavy atom. The van der Waals surface area contributed by atoms with E-state index in [9.17, 15) is 9.59 Å². The molecule has 3 rings (SSSR count). The minimum absolute atomic E-state index is 0.0470. The van der Waals surface area contributed by atoms with Gasteiger partial charge in [0.15, 0.2) is 11.9 Å². The highest BCUT2D eigenvalue weighted by Gasteiger charge is 2.33. The van der Waals surface area contributed by atoms with Crippen molar-refractivity contribution in [2.45, 2.75) is 50.3 Å². The fourth-order valence-corrected chi connectivity index (χ4v) is 3.17. The number of halogens is 1. The monoisotopic (exact) mass is 322 g/mol. The van der Waals surface area contributed by atoms with Crippen LogP contribution in [-0.2, 0) is 4.79 Å². The van der Waals surface area contributed by atoms with Crippen molar-refractivity contribution in [3.05, 3.63) is 28.8 Å². The average molecular weight is 323 g/mol. The number of Topliss-reactive ketones (excluding diaryl/α,β-unsaturated/α-hetero) is 1. The van der Waals surface area contributed by atoms with E-state index in [2.05, 4.69) is 5.32 Å². The van der Waals surface area contributed by atoms with Gasteiger partial charge in [-0.3, -0.25) is 9.59 Å². The van der Waals surface area contributed by atoms with Gasteiger partial charge in [0.1, 0.15) is 5.75 Å². The summed E-state index contributed by atoms with van der Waals surface area (Å²) in [4.78, 5) is 24.5. The fourth-order valence-electron chi connectivity index (χ4n) is 3.00.